The Balaban J connectivity index is 1.85. The summed E-state index contributed by atoms with van der Waals surface area (Å²) in [6.45, 7) is 0.578. The lowest BCUT2D eigenvalue weighted by Gasteiger charge is -2.40. The third-order valence-corrected chi connectivity index (χ3v) is 9.31. The summed E-state index contributed by atoms with van der Waals surface area (Å²) in [6.07, 6.45) is 6.58. The average molecular weight is 728 g/mol. The number of ether oxygens (including phenoxy) is 1. The predicted molar refractivity (Wildman–Crippen MR) is 135 cm³/mol. The second-order valence-corrected chi connectivity index (χ2v) is 9.98. The number of Topliss-reactive ketones (excluding diaryl/α,β-unsaturated/α-hetero) is 1. The molecule has 2 amide bonds. The molecule has 1 aromatic carbocycles. The van der Waals surface area contributed by atoms with Gasteiger partial charge in [-0.05, 0) is 69.5 Å². The van der Waals surface area contributed by atoms with Gasteiger partial charge in [-0.15, -0.1) is 0 Å². The molecule has 1 aliphatic carbocycles. The highest BCUT2D eigenvalue weighted by Crippen LogP contribution is 2.49. The molecule has 1 aromatic rings. The van der Waals surface area contributed by atoms with Crippen molar-refractivity contribution in [3.05, 3.63) is 61.3 Å². The molecular formula is C20H15I3N2O4. The SMILES string of the molecule is COC(=O)N1c2ccccc2C(=O)C12C=CC1(C=C2)C(I)=C(I)C(=O)N1CCI. The Hall–Kier alpha value is -0.960. The van der Waals surface area contributed by atoms with Crippen LogP contribution >= 0.6 is 67.8 Å². The summed E-state index contributed by atoms with van der Waals surface area (Å²) in [7, 11) is 1.30. The number of benzene rings is 1. The number of rotatable bonds is 2. The molecule has 2 heterocycles. The van der Waals surface area contributed by atoms with Gasteiger partial charge in [0.15, 0.2) is 11.3 Å². The van der Waals surface area contributed by atoms with Crippen molar-refractivity contribution in [3.63, 3.8) is 0 Å². The van der Waals surface area contributed by atoms with E-state index in [1.165, 1.54) is 12.0 Å². The molecule has 0 fully saturated rings. The Morgan fingerprint density at radius 3 is 2.31 bits per heavy atom. The number of carbonyl (C=O) groups is 3. The maximum absolute atomic E-state index is 13.4. The van der Waals surface area contributed by atoms with Gasteiger partial charge in [0.25, 0.3) is 5.91 Å². The molecule has 0 saturated carbocycles. The molecule has 0 aromatic heterocycles. The van der Waals surface area contributed by atoms with E-state index in [4.69, 9.17) is 4.74 Å². The lowest BCUT2D eigenvalue weighted by molar-refractivity contribution is -0.126. The molecule has 4 rings (SSSR count). The number of para-hydroxylation sites is 1. The molecule has 9 heteroatoms. The number of hydrogen-bond acceptors (Lipinski definition) is 4. The molecule has 0 unspecified atom stereocenters. The van der Waals surface area contributed by atoms with Crippen LogP contribution in [0.25, 0.3) is 0 Å². The van der Waals surface area contributed by atoms with Gasteiger partial charge in [-0.3, -0.25) is 14.5 Å². The van der Waals surface area contributed by atoms with E-state index in [9.17, 15) is 14.4 Å². The van der Waals surface area contributed by atoms with Crippen LogP contribution in [0.15, 0.2) is 55.7 Å². The second kappa shape index (κ2) is 7.62. The number of fused-ring (bicyclic) bond motifs is 1. The van der Waals surface area contributed by atoms with E-state index in [2.05, 4.69) is 67.8 Å². The number of carbonyl (C=O) groups excluding carboxylic acids is 3. The number of alkyl halides is 1. The third kappa shape index (κ3) is 2.86. The van der Waals surface area contributed by atoms with E-state index < -0.39 is 17.2 Å². The van der Waals surface area contributed by atoms with Crippen LogP contribution in [-0.2, 0) is 9.53 Å². The summed E-state index contributed by atoms with van der Waals surface area (Å²) in [5.74, 6) is -0.220. The Morgan fingerprint density at radius 2 is 1.69 bits per heavy atom. The number of methoxy groups -OCH3 is 1. The van der Waals surface area contributed by atoms with E-state index in [0.717, 1.165) is 8.01 Å². The van der Waals surface area contributed by atoms with Gasteiger partial charge in [0.05, 0.1) is 16.4 Å². The minimum Gasteiger partial charge on any atom is -0.452 e. The van der Waals surface area contributed by atoms with Crippen LogP contribution in [-0.4, -0.2) is 51.8 Å². The van der Waals surface area contributed by atoms with Gasteiger partial charge >= 0.3 is 6.09 Å². The molecule has 0 atom stereocenters. The Labute approximate surface area is 208 Å². The fourth-order valence-electron chi connectivity index (χ4n) is 4.01. The monoisotopic (exact) mass is 728 g/mol. The maximum Gasteiger partial charge on any atom is 0.415 e. The molecule has 0 bridgehead atoms. The standard InChI is InChI=1S/C20H15I3N2O4/c1-29-18(28)25-13-5-3-2-4-12(13)16(26)20(25)8-6-19(7-9-20)15(23)14(22)17(27)24(19)11-10-21/h2-9H,10-11H2,1H3. The molecular weight excluding hydrogens is 713 g/mol. The highest BCUT2D eigenvalue weighted by Gasteiger charge is 2.56. The number of nitrogens with zero attached hydrogens (tertiary/aromatic N) is 2. The van der Waals surface area contributed by atoms with Crippen LogP contribution in [0.1, 0.15) is 10.4 Å². The van der Waals surface area contributed by atoms with E-state index in [0.29, 0.717) is 21.4 Å². The van der Waals surface area contributed by atoms with Gasteiger partial charge < -0.3 is 9.64 Å². The lowest BCUT2D eigenvalue weighted by Crippen LogP contribution is -2.55. The van der Waals surface area contributed by atoms with Crippen LogP contribution in [0, 0.1) is 0 Å². The summed E-state index contributed by atoms with van der Waals surface area (Å²) < 4.78 is 7.33. The number of anilines is 1. The highest BCUT2D eigenvalue weighted by atomic mass is 127. The van der Waals surface area contributed by atoms with Crippen molar-refractivity contribution in [2.45, 2.75) is 11.1 Å². The largest absolute Gasteiger partial charge is 0.452 e. The van der Waals surface area contributed by atoms with Crippen LogP contribution in [0.5, 0.6) is 0 Å². The smallest absolute Gasteiger partial charge is 0.415 e. The number of amides is 2. The summed E-state index contributed by atoms with van der Waals surface area (Å²) >= 11 is 6.52. The summed E-state index contributed by atoms with van der Waals surface area (Å²) in [5, 5.41) is 0. The predicted octanol–water partition coefficient (Wildman–Crippen LogP) is 4.42. The topological polar surface area (TPSA) is 66.9 Å². The quantitative estimate of drug-likeness (QED) is 0.257. The van der Waals surface area contributed by atoms with Crippen molar-refractivity contribution in [3.8, 4) is 0 Å². The fraction of sp³-hybridized carbons (Fsp3) is 0.250. The Kier molecular flexibility index (Phi) is 5.59. The van der Waals surface area contributed by atoms with Crippen LogP contribution in [0.4, 0.5) is 10.5 Å². The first-order chi connectivity index (χ1) is 13.8. The molecule has 29 heavy (non-hydrogen) atoms. The van der Waals surface area contributed by atoms with E-state index in [1.54, 1.807) is 41.3 Å². The van der Waals surface area contributed by atoms with Crippen molar-refractivity contribution in [2.75, 3.05) is 23.0 Å². The zero-order valence-electron chi connectivity index (χ0n) is 15.2. The van der Waals surface area contributed by atoms with Crippen molar-refractivity contribution < 1.29 is 19.1 Å². The van der Waals surface area contributed by atoms with Gasteiger partial charge in [0.2, 0.25) is 0 Å². The van der Waals surface area contributed by atoms with Crippen molar-refractivity contribution in [1.82, 2.24) is 4.90 Å². The number of halogens is 3. The second-order valence-electron chi connectivity index (χ2n) is 6.74. The van der Waals surface area contributed by atoms with Crippen LogP contribution in [0.2, 0.25) is 0 Å². The molecule has 2 aliphatic heterocycles. The zero-order chi connectivity index (χ0) is 21.0. The van der Waals surface area contributed by atoms with E-state index >= 15 is 0 Å². The van der Waals surface area contributed by atoms with Gasteiger partial charge in [0.1, 0.15) is 5.54 Å². The first-order valence-corrected chi connectivity index (χ1v) is 12.4. The molecule has 0 radical (unpaired) electrons. The van der Waals surface area contributed by atoms with E-state index in [1.807, 2.05) is 12.2 Å². The van der Waals surface area contributed by atoms with Crippen molar-refractivity contribution >= 4 is 91.2 Å². The lowest BCUT2D eigenvalue weighted by atomic mass is 9.81. The van der Waals surface area contributed by atoms with Crippen LogP contribution < -0.4 is 4.90 Å². The Morgan fingerprint density at radius 1 is 1.07 bits per heavy atom. The van der Waals surface area contributed by atoms with E-state index in [-0.39, 0.29) is 11.7 Å². The average Bonchev–Trinajstić information content (AvgIpc) is 3.08. The number of hydrogen-bond donors (Lipinski definition) is 0. The summed E-state index contributed by atoms with van der Waals surface area (Å²) in [6, 6.07) is 7.00. The van der Waals surface area contributed by atoms with Gasteiger partial charge in [-0.25, -0.2) is 4.79 Å². The summed E-state index contributed by atoms with van der Waals surface area (Å²) in [5.41, 5.74) is -1.05. The minimum atomic E-state index is -1.30. The van der Waals surface area contributed by atoms with Crippen molar-refractivity contribution in [1.29, 1.82) is 0 Å². The fourth-order valence-corrected chi connectivity index (χ4v) is 6.10. The molecule has 0 saturated heterocycles. The molecule has 3 aliphatic rings. The molecule has 2 spiro atoms. The van der Waals surface area contributed by atoms with Crippen LogP contribution in [0.3, 0.4) is 0 Å². The minimum absolute atomic E-state index is 0.0252. The highest BCUT2D eigenvalue weighted by molar-refractivity contribution is 14.1. The first-order valence-electron chi connectivity index (χ1n) is 8.70. The maximum atomic E-state index is 13.4. The van der Waals surface area contributed by atoms with Gasteiger partial charge in [0, 0.05) is 20.1 Å². The number of ketones is 1. The zero-order valence-corrected chi connectivity index (χ0v) is 21.7. The van der Waals surface area contributed by atoms with Gasteiger partial charge in [-0.1, -0.05) is 46.9 Å². The summed E-state index contributed by atoms with van der Waals surface area (Å²) in [4.78, 5) is 42.0. The third-order valence-electron chi connectivity index (χ3n) is 5.40. The molecule has 6 nitrogen and oxygen atoms in total. The Bertz CT molecular complexity index is 1020. The molecule has 0 N–H and O–H groups in total. The normalized spacial score (nSPS) is 27.6. The molecule has 150 valence electrons. The first kappa shape index (κ1) is 21.3. The van der Waals surface area contributed by atoms with Gasteiger partial charge in [-0.2, -0.15) is 0 Å². The van der Waals surface area contributed by atoms with Crippen molar-refractivity contribution in [2.24, 2.45) is 0 Å².